The zero-order valence-electron chi connectivity index (χ0n) is 17.6. The molecule has 4 aromatic rings. The number of alkyl halides is 1. The van der Waals surface area contributed by atoms with Gasteiger partial charge >= 0.3 is 0 Å². The number of rotatable bonds is 5. The lowest BCUT2D eigenvalue weighted by Gasteiger charge is -2.34. The van der Waals surface area contributed by atoms with Gasteiger partial charge in [-0.1, -0.05) is 48.5 Å². The number of hydrogen-bond donors (Lipinski definition) is 0. The van der Waals surface area contributed by atoms with E-state index in [4.69, 9.17) is 9.72 Å². The molecule has 1 aliphatic rings. The van der Waals surface area contributed by atoms with Crippen LogP contribution in [0.25, 0.3) is 22.2 Å². The summed E-state index contributed by atoms with van der Waals surface area (Å²) in [5.74, 6) is 1.64. The minimum Gasteiger partial charge on any atom is -0.374 e. The maximum absolute atomic E-state index is 14.8. The van der Waals surface area contributed by atoms with Crippen LogP contribution in [0, 0.1) is 13.8 Å². The average Bonchev–Trinajstić information content (AvgIpc) is 2.76. The molecule has 31 heavy (non-hydrogen) atoms. The standard InChI is InChI=1S/C26H23FN2OS/c1-17-12-20(26(27)15-30-16-26)8-10-22(17)25-23-11-9-21(13-24(23)28-18(2)29-25)31-14-19-6-4-3-5-7-19/h3-13H,14-16H2,1-2H3. The van der Waals surface area contributed by atoms with Crippen LogP contribution in [0.4, 0.5) is 4.39 Å². The Morgan fingerprint density at radius 2 is 1.77 bits per heavy atom. The van der Waals surface area contributed by atoms with Gasteiger partial charge in [0, 0.05) is 21.6 Å². The first-order valence-electron chi connectivity index (χ1n) is 10.4. The van der Waals surface area contributed by atoms with Gasteiger partial charge in [-0.2, -0.15) is 0 Å². The second-order valence-corrected chi connectivity index (χ2v) is 9.11. The largest absolute Gasteiger partial charge is 0.374 e. The van der Waals surface area contributed by atoms with E-state index in [2.05, 4.69) is 47.4 Å². The number of hydrogen-bond acceptors (Lipinski definition) is 4. The molecule has 2 heterocycles. The van der Waals surface area contributed by atoms with Crippen molar-refractivity contribution in [1.82, 2.24) is 9.97 Å². The van der Waals surface area contributed by atoms with Crippen LogP contribution in [-0.4, -0.2) is 23.2 Å². The number of thioether (sulfide) groups is 1. The molecule has 5 rings (SSSR count). The van der Waals surface area contributed by atoms with Crippen molar-refractivity contribution < 1.29 is 9.13 Å². The fraction of sp³-hybridized carbons (Fsp3) is 0.231. The van der Waals surface area contributed by atoms with E-state index in [-0.39, 0.29) is 13.2 Å². The van der Waals surface area contributed by atoms with Gasteiger partial charge < -0.3 is 4.74 Å². The molecule has 3 nitrogen and oxygen atoms in total. The Hall–Kier alpha value is -2.76. The second kappa shape index (κ2) is 8.06. The van der Waals surface area contributed by atoms with Crippen molar-refractivity contribution in [3.05, 3.63) is 89.2 Å². The van der Waals surface area contributed by atoms with Crippen LogP contribution >= 0.6 is 11.8 Å². The third-order valence-electron chi connectivity index (χ3n) is 5.69. The SMILES string of the molecule is Cc1nc(-c2ccc(C3(F)COC3)cc2C)c2ccc(SCc3ccccc3)cc2n1. The number of aromatic nitrogens is 2. The third kappa shape index (κ3) is 3.95. The Balaban J connectivity index is 1.49. The average molecular weight is 431 g/mol. The summed E-state index contributed by atoms with van der Waals surface area (Å²) in [5.41, 5.74) is 4.44. The zero-order chi connectivity index (χ0) is 21.4. The minimum atomic E-state index is -1.36. The predicted octanol–water partition coefficient (Wildman–Crippen LogP) is 6.40. The normalized spacial score (nSPS) is 15.1. The first kappa shape index (κ1) is 20.2. The number of halogens is 1. The lowest BCUT2D eigenvalue weighted by Crippen LogP contribution is -2.42. The van der Waals surface area contributed by atoms with Gasteiger partial charge in [0.15, 0.2) is 5.67 Å². The highest BCUT2D eigenvalue weighted by Gasteiger charge is 2.40. The zero-order valence-corrected chi connectivity index (χ0v) is 18.4. The number of nitrogens with zero attached hydrogens (tertiary/aromatic N) is 2. The Morgan fingerprint density at radius 3 is 2.48 bits per heavy atom. The third-order valence-corrected chi connectivity index (χ3v) is 6.75. The molecule has 1 aliphatic heterocycles. The lowest BCUT2D eigenvalue weighted by molar-refractivity contribution is -0.135. The molecule has 0 radical (unpaired) electrons. The summed E-state index contributed by atoms with van der Waals surface area (Å²) in [6.07, 6.45) is 0. The van der Waals surface area contributed by atoms with Crippen LogP contribution in [-0.2, 0) is 16.2 Å². The van der Waals surface area contributed by atoms with Crippen LogP contribution < -0.4 is 0 Å². The Bertz CT molecular complexity index is 1260. The Labute approximate surface area is 185 Å². The van der Waals surface area contributed by atoms with Gasteiger partial charge in [0.2, 0.25) is 0 Å². The summed E-state index contributed by atoms with van der Waals surface area (Å²) in [4.78, 5) is 10.6. The van der Waals surface area contributed by atoms with Gasteiger partial charge in [-0.25, -0.2) is 14.4 Å². The molecule has 0 bridgehead atoms. The summed E-state index contributed by atoms with van der Waals surface area (Å²) in [5, 5.41) is 1.01. The molecule has 0 saturated carbocycles. The highest BCUT2D eigenvalue weighted by atomic mass is 32.2. The molecule has 5 heteroatoms. The molecule has 1 fully saturated rings. The van der Waals surface area contributed by atoms with E-state index in [1.165, 1.54) is 10.5 Å². The Morgan fingerprint density at radius 1 is 0.968 bits per heavy atom. The summed E-state index contributed by atoms with van der Waals surface area (Å²) < 4.78 is 19.8. The van der Waals surface area contributed by atoms with Crippen molar-refractivity contribution in [2.75, 3.05) is 13.2 Å². The van der Waals surface area contributed by atoms with Gasteiger partial charge in [-0.05, 0) is 48.7 Å². The molecule has 0 N–H and O–H groups in total. The van der Waals surface area contributed by atoms with Crippen LogP contribution in [0.3, 0.4) is 0 Å². The van der Waals surface area contributed by atoms with E-state index >= 15 is 0 Å². The monoisotopic (exact) mass is 430 g/mol. The number of aryl methyl sites for hydroxylation is 2. The van der Waals surface area contributed by atoms with Gasteiger partial charge in [0.1, 0.15) is 5.82 Å². The molecule has 1 aromatic heterocycles. The van der Waals surface area contributed by atoms with Gasteiger partial charge in [0.25, 0.3) is 0 Å². The smallest absolute Gasteiger partial charge is 0.182 e. The number of benzene rings is 3. The molecule has 3 aromatic carbocycles. The van der Waals surface area contributed by atoms with Crippen LogP contribution in [0.2, 0.25) is 0 Å². The maximum Gasteiger partial charge on any atom is 0.182 e. The second-order valence-electron chi connectivity index (χ2n) is 8.06. The van der Waals surface area contributed by atoms with E-state index in [0.29, 0.717) is 5.56 Å². The molecule has 0 spiro atoms. The van der Waals surface area contributed by atoms with E-state index < -0.39 is 5.67 Å². The topological polar surface area (TPSA) is 35.0 Å². The van der Waals surface area contributed by atoms with Crippen molar-refractivity contribution in [3.8, 4) is 11.3 Å². The molecule has 156 valence electrons. The van der Waals surface area contributed by atoms with Crippen molar-refractivity contribution in [1.29, 1.82) is 0 Å². The highest BCUT2D eigenvalue weighted by molar-refractivity contribution is 7.98. The summed E-state index contributed by atoms with van der Waals surface area (Å²) in [6.45, 7) is 4.18. The van der Waals surface area contributed by atoms with Crippen molar-refractivity contribution in [3.63, 3.8) is 0 Å². The van der Waals surface area contributed by atoms with E-state index in [9.17, 15) is 4.39 Å². The summed E-state index contributed by atoms with van der Waals surface area (Å²) in [6, 6.07) is 22.6. The van der Waals surface area contributed by atoms with E-state index in [1.807, 2.05) is 38.1 Å². The molecule has 0 atom stereocenters. The Kier molecular flexibility index (Phi) is 5.24. The van der Waals surface area contributed by atoms with Crippen molar-refractivity contribution >= 4 is 22.7 Å². The van der Waals surface area contributed by atoms with Gasteiger partial charge in [0.05, 0.1) is 24.4 Å². The van der Waals surface area contributed by atoms with Crippen molar-refractivity contribution in [2.45, 2.75) is 30.2 Å². The molecular weight excluding hydrogens is 407 g/mol. The molecule has 0 unspecified atom stereocenters. The molecule has 0 amide bonds. The first-order valence-corrected chi connectivity index (χ1v) is 11.3. The minimum absolute atomic E-state index is 0.130. The first-order chi connectivity index (χ1) is 15.0. The molecule has 0 aliphatic carbocycles. The maximum atomic E-state index is 14.8. The molecule has 1 saturated heterocycles. The van der Waals surface area contributed by atoms with Gasteiger partial charge in [-0.3, -0.25) is 0 Å². The fourth-order valence-corrected chi connectivity index (χ4v) is 4.80. The number of ether oxygens (including phenoxy) is 1. The quantitative estimate of drug-likeness (QED) is 0.343. The van der Waals surface area contributed by atoms with E-state index in [0.717, 1.165) is 39.3 Å². The van der Waals surface area contributed by atoms with Crippen LogP contribution in [0.5, 0.6) is 0 Å². The molecular formula is C26H23FN2OS. The highest BCUT2D eigenvalue weighted by Crippen LogP contribution is 2.37. The van der Waals surface area contributed by atoms with Crippen LogP contribution in [0.15, 0.2) is 71.6 Å². The van der Waals surface area contributed by atoms with Crippen LogP contribution in [0.1, 0.15) is 22.5 Å². The summed E-state index contributed by atoms with van der Waals surface area (Å²) >= 11 is 1.80. The van der Waals surface area contributed by atoms with Gasteiger partial charge in [-0.15, -0.1) is 11.8 Å². The lowest BCUT2D eigenvalue weighted by atomic mass is 9.90. The summed E-state index contributed by atoms with van der Waals surface area (Å²) in [7, 11) is 0. The van der Waals surface area contributed by atoms with Crippen molar-refractivity contribution in [2.24, 2.45) is 0 Å². The number of fused-ring (bicyclic) bond motifs is 1. The van der Waals surface area contributed by atoms with E-state index in [1.54, 1.807) is 11.8 Å². The fourth-order valence-electron chi connectivity index (χ4n) is 3.92. The predicted molar refractivity (Wildman–Crippen MR) is 124 cm³/mol.